The van der Waals surface area contributed by atoms with E-state index in [1.807, 2.05) is 0 Å². The van der Waals surface area contributed by atoms with E-state index in [-0.39, 0.29) is 32.7 Å². The van der Waals surface area contributed by atoms with Crippen LogP contribution in [0.1, 0.15) is 46.5 Å². The molecule has 0 aliphatic carbocycles. The van der Waals surface area contributed by atoms with Crippen molar-refractivity contribution in [3.05, 3.63) is 5.32 Å². The van der Waals surface area contributed by atoms with Gasteiger partial charge in [0, 0.05) is 32.7 Å². The molecule has 0 aromatic carbocycles. The van der Waals surface area contributed by atoms with E-state index >= 15 is 0 Å². The Kier molecular flexibility index (Phi) is 6.23. The van der Waals surface area contributed by atoms with Crippen LogP contribution in [-0.2, 0) is 32.7 Å². The van der Waals surface area contributed by atoms with Crippen molar-refractivity contribution in [3.8, 4) is 0 Å². The predicted octanol–water partition coefficient (Wildman–Crippen LogP) is 3.35. The first-order chi connectivity index (χ1) is 5.11. The van der Waals surface area contributed by atoms with E-state index < -0.39 is 0 Å². The Hall–Kier alpha value is 1.06. The molecule has 69 valence electrons. The first kappa shape index (κ1) is 13.1. The Balaban J connectivity index is 0.00000121. The van der Waals surface area contributed by atoms with Crippen molar-refractivity contribution in [1.82, 2.24) is 0 Å². The van der Waals surface area contributed by atoms with Crippen molar-refractivity contribution in [2.75, 3.05) is 6.54 Å². The zero-order valence-corrected chi connectivity index (χ0v) is 11.5. The van der Waals surface area contributed by atoms with E-state index in [1.54, 1.807) is 0 Å². The molecule has 0 amide bonds. The SMILES string of the molecule is CC(C)(C)C1CCCCC[N-]1.[Y]. The molecule has 0 aromatic heterocycles. The second-order valence-corrected chi connectivity index (χ2v) is 4.64. The van der Waals surface area contributed by atoms with Gasteiger partial charge < -0.3 is 5.32 Å². The van der Waals surface area contributed by atoms with E-state index in [0.717, 1.165) is 6.54 Å². The quantitative estimate of drug-likeness (QED) is 0.619. The Morgan fingerprint density at radius 2 is 1.75 bits per heavy atom. The molecule has 0 aromatic rings. The monoisotopic (exact) mass is 243 g/mol. The molecule has 12 heavy (non-hydrogen) atoms. The van der Waals surface area contributed by atoms with Crippen LogP contribution >= 0.6 is 0 Å². The average Bonchev–Trinajstić information content (AvgIpc) is 2.10. The standard InChI is InChI=1S/C10H20N.Y/c1-10(2,3)9-7-5-4-6-8-11-9;/h9H,4-8H2,1-3H3;/q-1;. The zero-order valence-electron chi connectivity index (χ0n) is 8.64. The molecule has 1 atom stereocenters. The minimum atomic E-state index is 0. The Morgan fingerprint density at radius 3 is 2.33 bits per heavy atom. The van der Waals surface area contributed by atoms with Crippen LogP contribution in [0.25, 0.3) is 5.32 Å². The summed E-state index contributed by atoms with van der Waals surface area (Å²) in [5, 5.41) is 4.69. The van der Waals surface area contributed by atoms with Gasteiger partial charge >= 0.3 is 0 Å². The zero-order chi connectivity index (χ0) is 8.32. The fourth-order valence-corrected chi connectivity index (χ4v) is 1.67. The van der Waals surface area contributed by atoms with Gasteiger partial charge in [0.05, 0.1) is 0 Å². The number of nitrogens with zero attached hydrogens (tertiary/aromatic N) is 1. The summed E-state index contributed by atoms with van der Waals surface area (Å²) < 4.78 is 0. The predicted molar refractivity (Wildman–Crippen MR) is 49.9 cm³/mol. The van der Waals surface area contributed by atoms with Gasteiger partial charge in [-0.3, -0.25) is 0 Å². The molecule has 1 nitrogen and oxygen atoms in total. The molecule has 1 unspecified atom stereocenters. The first-order valence-electron chi connectivity index (χ1n) is 4.77. The molecule has 0 bridgehead atoms. The molecule has 1 fully saturated rings. The second kappa shape index (κ2) is 5.72. The normalized spacial score (nSPS) is 25.8. The average molecular weight is 243 g/mol. The molecule has 1 rings (SSSR count). The maximum absolute atomic E-state index is 4.69. The molecule has 1 saturated heterocycles. The summed E-state index contributed by atoms with van der Waals surface area (Å²) in [7, 11) is 0. The third kappa shape index (κ3) is 4.34. The fourth-order valence-electron chi connectivity index (χ4n) is 1.67. The van der Waals surface area contributed by atoms with Crippen LogP contribution in [0.2, 0.25) is 0 Å². The van der Waals surface area contributed by atoms with Crippen molar-refractivity contribution < 1.29 is 32.7 Å². The maximum Gasteiger partial charge on any atom is 0 e. The Morgan fingerprint density at radius 1 is 1.08 bits per heavy atom. The summed E-state index contributed by atoms with van der Waals surface area (Å²) >= 11 is 0. The molecule has 0 N–H and O–H groups in total. The fraction of sp³-hybridized carbons (Fsp3) is 1.00. The molecular weight excluding hydrogens is 223 g/mol. The van der Waals surface area contributed by atoms with Gasteiger partial charge in [-0.2, -0.15) is 0 Å². The van der Waals surface area contributed by atoms with Gasteiger partial charge in [-0.25, -0.2) is 0 Å². The van der Waals surface area contributed by atoms with Crippen LogP contribution in [0.3, 0.4) is 0 Å². The Labute approximate surface area is 102 Å². The van der Waals surface area contributed by atoms with Crippen molar-refractivity contribution >= 4 is 0 Å². The van der Waals surface area contributed by atoms with E-state index in [0.29, 0.717) is 11.5 Å². The van der Waals surface area contributed by atoms with E-state index in [1.165, 1.54) is 25.7 Å². The molecule has 0 saturated carbocycles. The maximum atomic E-state index is 4.69. The second-order valence-electron chi connectivity index (χ2n) is 4.64. The molecule has 1 radical (unpaired) electrons. The van der Waals surface area contributed by atoms with Crippen LogP contribution in [0.15, 0.2) is 0 Å². The summed E-state index contributed by atoms with van der Waals surface area (Å²) in [6.45, 7) is 7.99. The minimum Gasteiger partial charge on any atom is -0.659 e. The van der Waals surface area contributed by atoms with Crippen LogP contribution in [0, 0.1) is 5.41 Å². The first-order valence-corrected chi connectivity index (χ1v) is 4.77. The van der Waals surface area contributed by atoms with Gasteiger partial charge in [-0.05, 0) is 0 Å². The van der Waals surface area contributed by atoms with Crippen LogP contribution < -0.4 is 0 Å². The molecule has 2 heteroatoms. The van der Waals surface area contributed by atoms with Crippen LogP contribution in [0.5, 0.6) is 0 Å². The van der Waals surface area contributed by atoms with Gasteiger partial charge in [0.15, 0.2) is 0 Å². The Bertz CT molecular complexity index is 109. The van der Waals surface area contributed by atoms with Crippen molar-refractivity contribution in [1.29, 1.82) is 0 Å². The van der Waals surface area contributed by atoms with Crippen LogP contribution in [0.4, 0.5) is 0 Å². The molecule has 1 heterocycles. The smallest absolute Gasteiger partial charge is 0 e. The molecule has 1 aliphatic heterocycles. The summed E-state index contributed by atoms with van der Waals surface area (Å²) in [6, 6.07) is 0.616. The summed E-state index contributed by atoms with van der Waals surface area (Å²) in [6.07, 6.45) is 5.39. The minimum absolute atomic E-state index is 0. The van der Waals surface area contributed by atoms with Gasteiger partial charge in [0.2, 0.25) is 0 Å². The van der Waals surface area contributed by atoms with Crippen molar-refractivity contribution in [3.63, 3.8) is 0 Å². The van der Waals surface area contributed by atoms with Gasteiger partial charge in [-0.15, -0.1) is 12.6 Å². The van der Waals surface area contributed by atoms with E-state index in [2.05, 4.69) is 20.8 Å². The van der Waals surface area contributed by atoms with Crippen LogP contribution in [-0.4, -0.2) is 12.6 Å². The largest absolute Gasteiger partial charge is 0.659 e. The topological polar surface area (TPSA) is 14.1 Å². The number of hydrogen-bond acceptors (Lipinski definition) is 0. The third-order valence-corrected chi connectivity index (χ3v) is 2.48. The van der Waals surface area contributed by atoms with Gasteiger partial charge in [0.25, 0.3) is 0 Å². The van der Waals surface area contributed by atoms with E-state index in [4.69, 9.17) is 5.32 Å². The molecular formula is C10H20NY-. The summed E-state index contributed by atoms with van der Waals surface area (Å²) in [5.41, 5.74) is 0.393. The van der Waals surface area contributed by atoms with E-state index in [9.17, 15) is 0 Å². The molecule has 1 aliphatic rings. The number of hydrogen-bond donors (Lipinski definition) is 0. The number of rotatable bonds is 0. The van der Waals surface area contributed by atoms with Crippen molar-refractivity contribution in [2.24, 2.45) is 5.41 Å². The van der Waals surface area contributed by atoms with Gasteiger partial charge in [0.1, 0.15) is 0 Å². The summed E-state index contributed by atoms with van der Waals surface area (Å²) in [4.78, 5) is 0. The van der Waals surface area contributed by atoms with Gasteiger partial charge in [-0.1, -0.05) is 51.9 Å². The van der Waals surface area contributed by atoms with Crippen molar-refractivity contribution in [2.45, 2.75) is 52.5 Å². The third-order valence-electron chi connectivity index (χ3n) is 2.48. The summed E-state index contributed by atoms with van der Waals surface area (Å²) in [5.74, 6) is 0. The molecule has 0 spiro atoms.